The van der Waals surface area contributed by atoms with Gasteiger partial charge in [-0.15, -0.1) is 11.3 Å². The fourth-order valence-electron chi connectivity index (χ4n) is 5.41. The Morgan fingerprint density at radius 1 is 0.927 bits per heavy atom. The summed E-state index contributed by atoms with van der Waals surface area (Å²) in [7, 11) is 0. The predicted molar refractivity (Wildman–Crippen MR) is 167 cm³/mol. The first kappa shape index (κ1) is 26.1. The fourth-order valence-corrected chi connectivity index (χ4v) is 7.79. The Bertz CT molecular complexity index is 1910. The number of benzene rings is 3. The molecule has 3 aromatic carbocycles. The van der Waals surface area contributed by atoms with E-state index in [1.54, 1.807) is 20.6 Å². The van der Waals surface area contributed by atoms with Crippen LogP contribution in [-0.4, -0.2) is 38.3 Å². The van der Waals surface area contributed by atoms with Crippen molar-refractivity contribution >= 4 is 55.4 Å². The molecule has 6 nitrogen and oxygen atoms in total. The molecule has 1 aliphatic rings. The lowest BCUT2D eigenvalue weighted by atomic mass is 9.97. The summed E-state index contributed by atoms with van der Waals surface area (Å²) in [6.45, 7) is 3.21. The highest BCUT2D eigenvalue weighted by Gasteiger charge is 2.29. The van der Waals surface area contributed by atoms with E-state index < -0.39 is 0 Å². The first-order valence-corrected chi connectivity index (χ1v) is 15.5. The second kappa shape index (κ2) is 10.5. The van der Waals surface area contributed by atoms with Crippen LogP contribution >= 0.6 is 34.3 Å². The van der Waals surface area contributed by atoms with Gasteiger partial charge in [-0.1, -0.05) is 77.0 Å². The molecule has 0 saturated carbocycles. The normalized spacial score (nSPS) is 14.2. The van der Waals surface area contributed by atoms with Crippen LogP contribution < -0.4 is 5.56 Å². The molecular weight excluding hydrogens is 572 g/mol. The molecule has 9 heteroatoms. The molecule has 7 rings (SSSR count). The summed E-state index contributed by atoms with van der Waals surface area (Å²) in [4.78, 5) is 40.0. The van der Waals surface area contributed by atoms with Crippen LogP contribution in [-0.2, 0) is 0 Å². The summed E-state index contributed by atoms with van der Waals surface area (Å²) in [5, 5.41) is 1.77. The van der Waals surface area contributed by atoms with Gasteiger partial charge in [0, 0.05) is 35.8 Å². The SMILES string of the molecule is Cc1ccc(-c2sc(C3CCN(C(=O)c4cnc5sc6ccccc6n5c4=O)CC3)nc2-c2ccc(Cl)cc2)cc1. The number of rotatable bonds is 4. The van der Waals surface area contributed by atoms with Crippen LogP contribution in [0.2, 0.25) is 5.02 Å². The Morgan fingerprint density at radius 2 is 1.63 bits per heavy atom. The maximum absolute atomic E-state index is 13.5. The molecule has 6 aromatic rings. The summed E-state index contributed by atoms with van der Waals surface area (Å²) >= 11 is 9.34. The number of nitrogens with zero attached hydrogens (tertiary/aromatic N) is 4. The van der Waals surface area contributed by atoms with E-state index in [9.17, 15) is 9.59 Å². The molecule has 4 heterocycles. The van der Waals surface area contributed by atoms with E-state index in [0.29, 0.717) is 23.1 Å². The number of aryl methyl sites for hydroxylation is 1. The van der Waals surface area contributed by atoms with Crippen molar-refractivity contribution in [2.24, 2.45) is 0 Å². The minimum atomic E-state index is -0.310. The van der Waals surface area contributed by atoms with Crippen molar-refractivity contribution in [1.82, 2.24) is 19.3 Å². The zero-order chi connectivity index (χ0) is 28.1. The number of carbonyl (C=O) groups is 1. The molecule has 204 valence electrons. The van der Waals surface area contributed by atoms with Crippen molar-refractivity contribution in [1.29, 1.82) is 0 Å². The molecule has 1 amide bonds. The topological polar surface area (TPSA) is 67.6 Å². The quantitative estimate of drug-likeness (QED) is 0.209. The van der Waals surface area contributed by atoms with E-state index >= 15 is 0 Å². The first-order valence-electron chi connectivity index (χ1n) is 13.5. The van der Waals surface area contributed by atoms with E-state index in [4.69, 9.17) is 16.6 Å². The average Bonchev–Trinajstić information content (AvgIpc) is 3.61. The van der Waals surface area contributed by atoms with E-state index in [2.05, 4.69) is 36.2 Å². The number of amides is 1. The highest BCUT2D eigenvalue weighted by Crippen LogP contribution is 2.42. The van der Waals surface area contributed by atoms with Crippen LogP contribution in [0.25, 0.3) is 36.9 Å². The van der Waals surface area contributed by atoms with Crippen LogP contribution in [0.4, 0.5) is 0 Å². The lowest BCUT2D eigenvalue weighted by Gasteiger charge is -2.31. The smallest absolute Gasteiger partial charge is 0.271 e. The van der Waals surface area contributed by atoms with E-state index in [-0.39, 0.29) is 22.9 Å². The van der Waals surface area contributed by atoms with Crippen molar-refractivity contribution in [2.45, 2.75) is 25.7 Å². The number of para-hydroxylation sites is 1. The Balaban J connectivity index is 1.15. The number of piperidine rings is 1. The highest BCUT2D eigenvalue weighted by atomic mass is 35.5. The van der Waals surface area contributed by atoms with Gasteiger partial charge in [-0.25, -0.2) is 9.97 Å². The molecule has 3 aromatic heterocycles. The summed E-state index contributed by atoms with van der Waals surface area (Å²) < 4.78 is 2.52. The molecule has 0 spiro atoms. The van der Waals surface area contributed by atoms with Crippen LogP contribution in [0.1, 0.15) is 39.7 Å². The van der Waals surface area contributed by atoms with Crippen molar-refractivity contribution < 1.29 is 4.79 Å². The average molecular weight is 597 g/mol. The molecular formula is C32H25ClN4O2S2. The second-order valence-corrected chi connectivity index (χ2v) is 12.8. The zero-order valence-electron chi connectivity index (χ0n) is 22.2. The number of carbonyl (C=O) groups excluding carboxylic acids is 1. The number of thiazole rings is 2. The van der Waals surface area contributed by atoms with Gasteiger partial charge in [0.2, 0.25) is 0 Å². The molecule has 1 saturated heterocycles. The third-order valence-electron chi connectivity index (χ3n) is 7.67. The minimum Gasteiger partial charge on any atom is -0.338 e. The van der Waals surface area contributed by atoms with Gasteiger partial charge in [-0.2, -0.15) is 0 Å². The molecule has 1 fully saturated rings. The van der Waals surface area contributed by atoms with E-state index in [1.165, 1.54) is 23.1 Å². The van der Waals surface area contributed by atoms with Crippen LogP contribution in [0, 0.1) is 6.92 Å². The summed E-state index contributed by atoms with van der Waals surface area (Å²) in [5.41, 5.74) is 4.93. The van der Waals surface area contributed by atoms with Gasteiger partial charge in [0.25, 0.3) is 11.5 Å². The number of likely N-dealkylation sites (tertiary alicyclic amines) is 1. The Labute approximate surface area is 249 Å². The lowest BCUT2D eigenvalue weighted by molar-refractivity contribution is 0.0710. The van der Waals surface area contributed by atoms with Gasteiger partial charge in [-0.3, -0.25) is 14.0 Å². The number of aromatic nitrogens is 3. The Morgan fingerprint density at radius 3 is 2.39 bits per heavy atom. The Hall–Kier alpha value is -3.85. The molecule has 0 bridgehead atoms. The monoisotopic (exact) mass is 596 g/mol. The number of halogens is 1. The van der Waals surface area contributed by atoms with Crippen LogP contribution in [0.3, 0.4) is 0 Å². The maximum Gasteiger partial charge on any atom is 0.271 e. The van der Waals surface area contributed by atoms with Crippen molar-refractivity contribution in [3.05, 3.63) is 111 Å². The third-order valence-corrected chi connectivity index (χ3v) is 10.2. The van der Waals surface area contributed by atoms with Gasteiger partial charge in [0.1, 0.15) is 5.56 Å². The van der Waals surface area contributed by atoms with Gasteiger partial charge in [0.05, 0.1) is 25.8 Å². The van der Waals surface area contributed by atoms with Crippen molar-refractivity contribution in [3.63, 3.8) is 0 Å². The molecule has 41 heavy (non-hydrogen) atoms. The van der Waals surface area contributed by atoms with Gasteiger partial charge in [-0.05, 0) is 49.6 Å². The van der Waals surface area contributed by atoms with Crippen molar-refractivity contribution in [3.8, 4) is 21.7 Å². The highest BCUT2D eigenvalue weighted by molar-refractivity contribution is 7.23. The van der Waals surface area contributed by atoms with Gasteiger partial charge >= 0.3 is 0 Å². The van der Waals surface area contributed by atoms with E-state index in [1.807, 2.05) is 48.5 Å². The molecule has 0 aliphatic carbocycles. The molecule has 0 atom stereocenters. The van der Waals surface area contributed by atoms with E-state index in [0.717, 1.165) is 49.8 Å². The fraction of sp³-hybridized carbons (Fsp3) is 0.188. The largest absolute Gasteiger partial charge is 0.338 e. The minimum absolute atomic E-state index is 0.116. The number of fused-ring (bicyclic) bond motifs is 3. The standard InChI is InChI=1S/C32H25ClN4O2S2/c1-19-6-8-21(9-7-19)28-27(20-10-12-23(33)13-11-20)35-29(41-28)22-14-16-36(17-15-22)30(38)24-18-34-32-37(31(24)39)25-4-2-3-5-26(25)40-32/h2-13,18,22H,14-17H2,1H3. The maximum atomic E-state index is 13.5. The summed E-state index contributed by atoms with van der Waals surface area (Å²) in [6, 6.07) is 24.0. The summed E-state index contributed by atoms with van der Waals surface area (Å²) in [5.74, 6) is -0.0243. The lowest BCUT2D eigenvalue weighted by Crippen LogP contribution is -2.40. The van der Waals surface area contributed by atoms with Gasteiger partial charge < -0.3 is 4.90 Å². The molecule has 0 N–H and O–H groups in total. The first-order chi connectivity index (χ1) is 20.0. The van der Waals surface area contributed by atoms with Gasteiger partial charge in [0.15, 0.2) is 4.96 Å². The zero-order valence-corrected chi connectivity index (χ0v) is 24.6. The molecule has 0 radical (unpaired) electrons. The predicted octanol–water partition coefficient (Wildman–Crippen LogP) is 7.68. The summed E-state index contributed by atoms with van der Waals surface area (Å²) in [6.07, 6.45) is 3.00. The molecule has 0 unspecified atom stereocenters. The van der Waals surface area contributed by atoms with Crippen LogP contribution in [0.5, 0.6) is 0 Å². The second-order valence-electron chi connectivity index (χ2n) is 10.3. The van der Waals surface area contributed by atoms with Crippen molar-refractivity contribution in [2.75, 3.05) is 13.1 Å². The third kappa shape index (κ3) is 4.76. The van der Waals surface area contributed by atoms with Crippen LogP contribution in [0.15, 0.2) is 83.8 Å². The Kier molecular flexibility index (Phi) is 6.69. The number of hydrogen-bond acceptors (Lipinski definition) is 6. The molecule has 1 aliphatic heterocycles. The number of hydrogen-bond donors (Lipinski definition) is 0.